The average Bonchev–Trinajstić information content (AvgIpc) is 2.84. The first-order valence-electron chi connectivity index (χ1n) is 10.8. The second-order valence-corrected chi connectivity index (χ2v) is 9.99. The average molecular weight is 470 g/mol. The third-order valence-corrected chi connectivity index (χ3v) is 8.04. The molecule has 0 bridgehead atoms. The fraction of sp³-hybridized carbons (Fsp3) is 0.333. The van der Waals surface area contributed by atoms with Crippen molar-refractivity contribution in [2.24, 2.45) is 0 Å². The molecule has 1 atom stereocenters. The molecule has 1 fully saturated rings. The number of amides is 2. The van der Waals surface area contributed by atoms with Crippen molar-refractivity contribution >= 4 is 27.9 Å². The van der Waals surface area contributed by atoms with Gasteiger partial charge in [-0.15, -0.1) is 0 Å². The Kier molecular flexibility index (Phi) is 6.53. The highest BCUT2D eigenvalue weighted by atomic mass is 32.2. The zero-order valence-corrected chi connectivity index (χ0v) is 19.5. The maximum atomic E-state index is 13.1. The second kappa shape index (κ2) is 9.36. The number of benzene rings is 2. The molecule has 8 nitrogen and oxygen atoms in total. The van der Waals surface area contributed by atoms with E-state index in [2.05, 4.69) is 0 Å². The quantitative estimate of drug-likeness (QED) is 0.672. The number of carbonyl (C=O) groups excluding carboxylic acids is 2. The monoisotopic (exact) mass is 469 g/mol. The lowest BCUT2D eigenvalue weighted by Gasteiger charge is -2.37. The summed E-state index contributed by atoms with van der Waals surface area (Å²) in [6.45, 7) is 2.53. The standard InChI is InChI=1S/C24H27N3O5S/c1-18(28)27-12-11-19-5-3-4-6-22(19)23(27)17-24(29)25-13-15-26(16-14-25)33(30,31)21-9-7-20(32-2)8-10-21/h3-12,23H,13-17H2,1-2H3/t23-/m1/s1. The zero-order chi connectivity index (χ0) is 23.6. The van der Waals surface area contributed by atoms with Gasteiger partial charge >= 0.3 is 0 Å². The lowest BCUT2D eigenvalue weighted by Crippen LogP contribution is -2.51. The molecule has 2 amide bonds. The number of rotatable bonds is 5. The fourth-order valence-corrected chi connectivity index (χ4v) is 5.70. The second-order valence-electron chi connectivity index (χ2n) is 8.05. The molecule has 2 aromatic carbocycles. The largest absolute Gasteiger partial charge is 0.497 e. The fourth-order valence-electron chi connectivity index (χ4n) is 4.28. The number of fused-ring (bicyclic) bond motifs is 1. The van der Waals surface area contributed by atoms with E-state index in [9.17, 15) is 18.0 Å². The van der Waals surface area contributed by atoms with Crippen LogP contribution in [0.3, 0.4) is 0 Å². The molecule has 0 aliphatic carbocycles. The zero-order valence-electron chi connectivity index (χ0n) is 18.7. The van der Waals surface area contributed by atoms with Gasteiger partial charge in [-0.3, -0.25) is 9.59 Å². The molecular formula is C24H27N3O5S. The summed E-state index contributed by atoms with van der Waals surface area (Å²) in [5.41, 5.74) is 1.92. The molecule has 174 valence electrons. The molecule has 4 rings (SSSR count). The van der Waals surface area contributed by atoms with E-state index in [0.717, 1.165) is 11.1 Å². The predicted molar refractivity (Wildman–Crippen MR) is 124 cm³/mol. The number of carbonyl (C=O) groups is 2. The minimum Gasteiger partial charge on any atom is -0.497 e. The first-order valence-corrected chi connectivity index (χ1v) is 12.2. The van der Waals surface area contributed by atoms with Gasteiger partial charge in [-0.05, 0) is 41.5 Å². The van der Waals surface area contributed by atoms with Crippen molar-refractivity contribution in [1.29, 1.82) is 0 Å². The highest BCUT2D eigenvalue weighted by Gasteiger charge is 2.33. The van der Waals surface area contributed by atoms with Crippen molar-refractivity contribution in [3.8, 4) is 5.75 Å². The van der Waals surface area contributed by atoms with Crippen molar-refractivity contribution in [2.75, 3.05) is 33.3 Å². The van der Waals surface area contributed by atoms with Gasteiger partial charge in [0.25, 0.3) is 0 Å². The SMILES string of the molecule is COc1ccc(S(=O)(=O)N2CCN(C(=O)C[C@@H]3c4ccccc4C=CN3C(C)=O)CC2)cc1. The van der Waals surface area contributed by atoms with Crippen LogP contribution in [0.25, 0.3) is 6.08 Å². The van der Waals surface area contributed by atoms with Gasteiger partial charge in [0, 0.05) is 39.3 Å². The third kappa shape index (κ3) is 4.65. The molecule has 0 unspecified atom stereocenters. The van der Waals surface area contributed by atoms with Crippen LogP contribution in [-0.2, 0) is 19.6 Å². The maximum absolute atomic E-state index is 13.1. The summed E-state index contributed by atoms with van der Waals surface area (Å²) in [5, 5.41) is 0. The van der Waals surface area contributed by atoms with Gasteiger partial charge in [-0.2, -0.15) is 4.31 Å². The van der Waals surface area contributed by atoms with Crippen molar-refractivity contribution in [2.45, 2.75) is 24.3 Å². The van der Waals surface area contributed by atoms with E-state index in [1.807, 2.05) is 30.3 Å². The summed E-state index contributed by atoms with van der Waals surface area (Å²) in [7, 11) is -2.12. The van der Waals surface area contributed by atoms with E-state index in [-0.39, 0.29) is 42.3 Å². The number of methoxy groups -OCH3 is 1. The summed E-state index contributed by atoms with van der Waals surface area (Å²) in [6.07, 6.45) is 3.74. The Morgan fingerprint density at radius 1 is 1.00 bits per heavy atom. The van der Waals surface area contributed by atoms with Gasteiger partial charge < -0.3 is 14.5 Å². The molecule has 0 radical (unpaired) electrons. The van der Waals surface area contributed by atoms with Gasteiger partial charge in [0.05, 0.1) is 24.5 Å². The number of nitrogens with zero attached hydrogens (tertiary/aromatic N) is 3. The summed E-state index contributed by atoms with van der Waals surface area (Å²) in [4.78, 5) is 28.8. The van der Waals surface area contributed by atoms with E-state index in [0.29, 0.717) is 18.8 Å². The first kappa shape index (κ1) is 23.0. The summed E-state index contributed by atoms with van der Waals surface area (Å²) in [5.74, 6) is 0.356. The van der Waals surface area contributed by atoms with Crippen molar-refractivity contribution < 1.29 is 22.7 Å². The van der Waals surface area contributed by atoms with E-state index < -0.39 is 10.0 Å². The Bertz CT molecular complexity index is 1170. The summed E-state index contributed by atoms with van der Waals surface area (Å²) >= 11 is 0. The van der Waals surface area contributed by atoms with Crippen LogP contribution < -0.4 is 4.74 Å². The number of ether oxygens (including phenoxy) is 1. The van der Waals surface area contributed by atoms with Crippen LogP contribution in [-0.4, -0.2) is 67.6 Å². The van der Waals surface area contributed by atoms with Crippen LogP contribution in [0.15, 0.2) is 59.6 Å². The molecule has 0 spiro atoms. The van der Waals surface area contributed by atoms with E-state index >= 15 is 0 Å². The molecule has 9 heteroatoms. The number of hydrogen-bond acceptors (Lipinski definition) is 5. The van der Waals surface area contributed by atoms with E-state index in [4.69, 9.17) is 4.74 Å². The minimum absolute atomic E-state index is 0.0992. The molecule has 2 heterocycles. The van der Waals surface area contributed by atoms with Crippen molar-refractivity contribution in [1.82, 2.24) is 14.1 Å². The Morgan fingerprint density at radius 2 is 1.67 bits per heavy atom. The number of piperazine rings is 1. The Balaban J connectivity index is 1.43. The van der Waals surface area contributed by atoms with Gasteiger partial charge in [0.2, 0.25) is 21.8 Å². The van der Waals surface area contributed by atoms with E-state index in [1.165, 1.54) is 30.5 Å². The van der Waals surface area contributed by atoms with Gasteiger partial charge in [-0.1, -0.05) is 24.3 Å². The predicted octanol–water partition coefficient (Wildman–Crippen LogP) is 2.49. The Labute approximate surface area is 194 Å². The van der Waals surface area contributed by atoms with Gasteiger partial charge in [-0.25, -0.2) is 8.42 Å². The first-order chi connectivity index (χ1) is 15.8. The summed E-state index contributed by atoms with van der Waals surface area (Å²) < 4.78 is 32.4. The maximum Gasteiger partial charge on any atom is 0.243 e. The molecule has 33 heavy (non-hydrogen) atoms. The Hall–Kier alpha value is -3.17. The molecule has 2 aromatic rings. The highest BCUT2D eigenvalue weighted by Crippen LogP contribution is 2.33. The topological polar surface area (TPSA) is 87.2 Å². The Morgan fingerprint density at radius 3 is 2.30 bits per heavy atom. The summed E-state index contributed by atoms with van der Waals surface area (Å²) in [6, 6.07) is 13.6. The van der Waals surface area contributed by atoms with Crippen LogP contribution in [0.1, 0.15) is 30.5 Å². The lowest BCUT2D eigenvalue weighted by molar-refractivity contribution is -0.135. The third-order valence-electron chi connectivity index (χ3n) is 6.13. The minimum atomic E-state index is -3.65. The molecule has 1 saturated heterocycles. The van der Waals surface area contributed by atoms with E-state index in [1.54, 1.807) is 28.1 Å². The highest BCUT2D eigenvalue weighted by molar-refractivity contribution is 7.89. The van der Waals surface area contributed by atoms with Gasteiger partial charge in [0.1, 0.15) is 5.75 Å². The number of sulfonamides is 1. The molecule has 2 aliphatic heterocycles. The normalized spacial score (nSPS) is 18.7. The lowest BCUT2D eigenvalue weighted by atomic mass is 9.93. The van der Waals surface area contributed by atoms with Crippen LogP contribution in [0.5, 0.6) is 5.75 Å². The van der Waals surface area contributed by atoms with Gasteiger partial charge in [0.15, 0.2) is 0 Å². The van der Waals surface area contributed by atoms with Crippen molar-refractivity contribution in [3.05, 3.63) is 65.9 Å². The smallest absolute Gasteiger partial charge is 0.243 e. The molecular weight excluding hydrogens is 442 g/mol. The molecule has 0 N–H and O–H groups in total. The van der Waals surface area contributed by atoms with Crippen LogP contribution in [0, 0.1) is 0 Å². The van der Waals surface area contributed by atoms with Crippen LogP contribution in [0.4, 0.5) is 0 Å². The van der Waals surface area contributed by atoms with Crippen LogP contribution >= 0.6 is 0 Å². The molecule has 0 saturated carbocycles. The number of hydrogen-bond donors (Lipinski definition) is 0. The van der Waals surface area contributed by atoms with Crippen LogP contribution in [0.2, 0.25) is 0 Å². The van der Waals surface area contributed by atoms with Crippen molar-refractivity contribution in [3.63, 3.8) is 0 Å². The molecule has 2 aliphatic rings. The molecule has 0 aromatic heterocycles.